The van der Waals surface area contributed by atoms with Crippen molar-refractivity contribution in [1.82, 2.24) is 0 Å². The molecular formula is C16H18O. The van der Waals surface area contributed by atoms with Crippen LogP contribution in [0.5, 0.6) is 0 Å². The summed E-state index contributed by atoms with van der Waals surface area (Å²) in [6.07, 6.45) is 11.2. The molecule has 0 radical (unpaired) electrons. The first-order chi connectivity index (χ1) is 8.29. The lowest BCUT2D eigenvalue weighted by Crippen LogP contribution is -1.92. The zero-order valence-corrected chi connectivity index (χ0v) is 10.2. The van der Waals surface area contributed by atoms with Gasteiger partial charge in [-0.05, 0) is 48.5 Å². The number of hydrogen-bond donors (Lipinski definition) is 1. The first-order valence-corrected chi connectivity index (χ1v) is 6.05. The maximum Gasteiger partial charge on any atom is 0.0826 e. The SMILES string of the molecule is C/C(=C/O)c1cccc(CC2=CCCC=C2)c1. The van der Waals surface area contributed by atoms with Crippen molar-refractivity contribution < 1.29 is 5.11 Å². The van der Waals surface area contributed by atoms with E-state index in [0.717, 1.165) is 30.4 Å². The van der Waals surface area contributed by atoms with E-state index in [-0.39, 0.29) is 0 Å². The quantitative estimate of drug-likeness (QED) is 0.756. The van der Waals surface area contributed by atoms with Crippen LogP contribution < -0.4 is 0 Å². The summed E-state index contributed by atoms with van der Waals surface area (Å²) < 4.78 is 0. The summed E-state index contributed by atoms with van der Waals surface area (Å²) in [5.41, 5.74) is 4.67. The minimum absolute atomic E-state index is 0.903. The third kappa shape index (κ3) is 3.10. The van der Waals surface area contributed by atoms with Gasteiger partial charge in [-0.15, -0.1) is 0 Å². The zero-order valence-electron chi connectivity index (χ0n) is 10.2. The Balaban J connectivity index is 2.16. The Morgan fingerprint density at radius 2 is 2.24 bits per heavy atom. The molecule has 0 atom stereocenters. The van der Waals surface area contributed by atoms with Crippen molar-refractivity contribution in [3.05, 3.63) is 65.5 Å². The zero-order chi connectivity index (χ0) is 12.1. The van der Waals surface area contributed by atoms with Gasteiger partial charge in [0.15, 0.2) is 0 Å². The van der Waals surface area contributed by atoms with Gasteiger partial charge in [0.2, 0.25) is 0 Å². The standard InChI is InChI=1S/C16H18O/c1-13(12-17)16-9-5-8-15(11-16)10-14-6-3-2-4-7-14/h3,5-9,11-12,17H,2,4,10H2,1H3/b13-12-. The largest absolute Gasteiger partial charge is 0.515 e. The highest BCUT2D eigenvalue weighted by Gasteiger charge is 2.02. The Morgan fingerprint density at radius 3 is 2.94 bits per heavy atom. The second-order valence-electron chi connectivity index (χ2n) is 4.45. The Kier molecular flexibility index (Phi) is 3.81. The van der Waals surface area contributed by atoms with Gasteiger partial charge in [0.05, 0.1) is 6.26 Å². The highest BCUT2D eigenvalue weighted by molar-refractivity contribution is 5.63. The van der Waals surface area contributed by atoms with E-state index >= 15 is 0 Å². The van der Waals surface area contributed by atoms with Crippen molar-refractivity contribution in [2.75, 3.05) is 0 Å². The molecule has 1 aromatic rings. The van der Waals surface area contributed by atoms with Gasteiger partial charge in [0.1, 0.15) is 0 Å². The molecule has 0 aromatic heterocycles. The number of aliphatic hydroxyl groups is 1. The van der Waals surface area contributed by atoms with Crippen LogP contribution in [0.15, 0.2) is 54.3 Å². The molecule has 17 heavy (non-hydrogen) atoms. The molecule has 0 aliphatic heterocycles. The van der Waals surface area contributed by atoms with Crippen LogP contribution in [0.1, 0.15) is 30.9 Å². The lowest BCUT2D eigenvalue weighted by Gasteiger charge is -2.08. The van der Waals surface area contributed by atoms with Crippen LogP contribution in [-0.4, -0.2) is 5.11 Å². The third-order valence-electron chi connectivity index (χ3n) is 3.06. The summed E-state index contributed by atoms with van der Waals surface area (Å²) in [6, 6.07) is 8.35. The lowest BCUT2D eigenvalue weighted by atomic mass is 9.97. The van der Waals surface area contributed by atoms with Crippen molar-refractivity contribution in [3.8, 4) is 0 Å². The molecule has 0 heterocycles. The molecule has 0 bridgehead atoms. The van der Waals surface area contributed by atoms with Crippen LogP contribution in [0, 0.1) is 0 Å². The van der Waals surface area contributed by atoms with Gasteiger partial charge in [0, 0.05) is 0 Å². The van der Waals surface area contributed by atoms with E-state index in [2.05, 4.69) is 30.4 Å². The molecule has 1 heteroatoms. The van der Waals surface area contributed by atoms with E-state index in [1.54, 1.807) is 0 Å². The van der Waals surface area contributed by atoms with Crippen molar-refractivity contribution in [2.45, 2.75) is 26.2 Å². The molecule has 0 saturated heterocycles. The summed E-state index contributed by atoms with van der Waals surface area (Å²) in [7, 11) is 0. The predicted molar refractivity (Wildman–Crippen MR) is 72.9 cm³/mol. The molecule has 1 N–H and O–H groups in total. The Labute approximate surface area is 103 Å². The molecule has 1 nitrogen and oxygen atoms in total. The molecule has 0 saturated carbocycles. The highest BCUT2D eigenvalue weighted by Crippen LogP contribution is 2.19. The number of allylic oxidation sites excluding steroid dienone is 5. The maximum absolute atomic E-state index is 9.02. The summed E-state index contributed by atoms with van der Waals surface area (Å²) >= 11 is 0. The average Bonchev–Trinajstić information content (AvgIpc) is 2.39. The first-order valence-electron chi connectivity index (χ1n) is 6.05. The van der Waals surface area contributed by atoms with Gasteiger partial charge < -0.3 is 5.11 Å². The van der Waals surface area contributed by atoms with Crippen molar-refractivity contribution in [2.24, 2.45) is 0 Å². The monoisotopic (exact) mass is 226 g/mol. The third-order valence-corrected chi connectivity index (χ3v) is 3.06. The summed E-state index contributed by atoms with van der Waals surface area (Å²) in [5, 5.41) is 9.02. The van der Waals surface area contributed by atoms with E-state index in [1.807, 2.05) is 19.1 Å². The summed E-state index contributed by atoms with van der Waals surface area (Å²) in [5.74, 6) is 0. The molecule has 0 amide bonds. The Morgan fingerprint density at radius 1 is 1.35 bits per heavy atom. The van der Waals surface area contributed by atoms with Crippen LogP contribution in [0.2, 0.25) is 0 Å². The van der Waals surface area contributed by atoms with E-state index in [1.165, 1.54) is 17.4 Å². The van der Waals surface area contributed by atoms with Crippen molar-refractivity contribution >= 4 is 5.57 Å². The second kappa shape index (κ2) is 5.53. The average molecular weight is 226 g/mol. The molecule has 1 aliphatic carbocycles. The van der Waals surface area contributed by atoms with Crippen LogP contribution in [0.25, 0.3) is 5.57 Å². The van der Waals surface area contributed by atoms with Gasteiger partial charge in [-0.1, -0.05) is 42.5 Å². The second-order valence-corrected chi connectivity index (χ2v) is 4.45. The Bertz CT molecular complexity index is 478. The van der Waals surface area contributed by atoms with Gasteiger partial charge in [0.25, 0.3) is 0 Å². The number of rotatable bonds is 3. The fraction of sp³-hybridized carbons (Fsp3) is 0.250. The molecule has 88 valence electrons. The molecule has 1 aromatic carbocycles. The smallest absolute Gasteiger partial charge is 0.0826 e. The summed E-state index contributed by atoms with van der Waals surface area (Å²) in [6.45, 7) is 1.92. The van der Waals surface area contributed by atoms with Crippen LogP contribution in [0.3, 0.4) is 0 Å². The van der Waals surface area contributed by atoms with E-state index in [4.69, 9.17) is 5.11 Å². The molecule has 0 fully saturated rings. The Hall–Kier alpha value is -1.76. The van der Waals surface area contributed by atoms with Crippen molar-refractivity contribution in [1.29, 1.82) is 0 Å². The van der Waals surface area contributed by atoms with Crippen LogP contribution >= 0.6 is 0 Å². The predicted octanol–water partition coefficient (Wildman–Crippen LogP) is 4.42. The maximum atomic E-state index is 9.02. The number of benzene rings is 1. The number of hydrogen-bond acceptors (Lipinski definition) is 1. The summed E-state index contributed by atoms with van der Waals surface area (Å²) in [4.78, 5) is 0. The number of aliphatic hydroxyl groups excluding tert-OH is 1. The fourth-order valence-corrected chi connectivity index (χ4v) is 2.04. The topological polar surface area (TPSA) is 20.2 Å². The minimum Gasteiger partial charge on any atom is -0.515 e. The normalized spacial score (nSPS) is 15.8. The molecule has 0 spiro atoms. The van der Waals surface area contributed by atoms with Gasteiger partial charge >= 0.3 is 0 Å². The van der Waals surface area contributed by atoms with Crippen LogP contribution in [0.4, 0.5) is 0 Å². The fourth-order valence-electron chi connectivity index (χ4n) is 2.04. The lowest BCUT2D eigenvalue weighted by molar-refractivity contribution is 0.475. The molecule has 2 rings (SSSR count). The van der Waals surface area contributed by atoms with E-state index in [0.29, 0.717) is 0 Å². The highest BCUT2D eigenvalue weighted by atomic mass is 16.2. The van der Waals surface area contributed by atoms with Gasteiger partial charge in [-0.3, -0.25) is 0 Å². The molecular weight excluding hydrogens is 208 g/mol. The van der Waals surface area contributed by atoms with Crippen LogP contribution in [-0.2, 0) is 6.42 Å². The first kappa shape index (κ1) is 11.7. The van der Waals surface area contributed by atoms with Gasteiger partial charge in [-0.25, -0.2) is 0 Å². The van der Waals surface area contributed by atoms with Crippen molar-refractivity contribution in [3.63, 3.8) is 0 Å². The van der Waals surface area contributed by atoms with E-state index in [9.17, 15) is 0 Å². The minimum atomic E-state index is 0.903. The molecule has 1 aliphatic rings. The molecule has 0 unspecified atom stereocenters. The van der Waals surface area contributed by atoms with Gasteiger partial charge in [-0.2, -0.15) is 0 Å². The van der Waals surface area contributed by atoms with E-state index < -0.39 is 0 Å².